The van der Waals surface area contributed by atoms with Crippen LogP contribution in [0.25, 0.3) is 0 Å². The van der Waals surface area contributed by atoms with Crippen molar-refractivity contribution in [2.24, 2.45) is 0 Å². The summed E-state index contributed by atoms with van der Waals surface area (Å²) in [6.45, 7) is 1.20. The van der Waals surface area contributed by atoms with Gasteiger partial charge in [0.2, 0.25) is 0 Å². The van der Waals surface area contributed by atoms with Gasteiger partial charge in [0.05, 0.1) is 11.1 Å². The fraction of sp³-hybridized carbons (Fsp3) is 0.182. The summed E-state index contributed by atoms with van der Waals surface area (Å²) in [5, 5.41) is 32.7. The first-order valence-electron chi connectivity index (χ1n) is 4.73. The fourth-order valence-electron chi connectivity index (χ4n) is 0.755. The number of carboxylic acids is 3. The molecule has 0 fully saturated rings. The normalized spacial score (nSPS) is 10.2. The zero-order valence-electron chi connectivity index (χ0n) is 10.1. The van der Waals surface area contributed by atoms with Crippen molar-refractivity contribution in [2.45, 2.75) is 13.0 Å². The van der Waals surface area contributed by atoms with Crippen LogP contribution in [-0.4, -0.2) is 44.4 Å². The number of aliphatic carboxylic acids is 1. The van der Waals surface area contributed by atoms with Gasteiger partial charge in [-0.2, -0.15) is 0 Å². The summed E-state index contributed by atoms with van der Waals surface area (Å²) in [4.78, 5) is 30.1. The van der Waals surface area contributed by atoms with Gasteiger partial charge < -0.3 is 20.4 Å². The van der Waals surface area contributed by atoms with E-state index in [2.05, 4.69) is 0 Å². The molecule has 0 aromatic heterocycles. The summed E-state index contributed by atoms with van der Waals surface area (Å²) in [5.41, 5.74) is 0.167. The monoisotopic (exact) mass is 320 g/mol. The number of hydrogen-bond acceptors (Lipinski definition) is 4. The summed E-state index contributed by atoms with van der Waals surface area (Å²) >= 11 is 0. The van der Waals surface area contributed by atoms with Crippen molar-refractivity contribution in [1.82, 2.24) is 0 Å². The molecule has 0 amide bonds. The molecule has 0 aliphatic carbocycles. The van der Waals surface area contributed by atoms with Gasteiger partial charge in [0, 0.05) is 19.5 Å². The minimum atomic E-state index is -1.23. The molecule has 1 aromatic carbocycles. The Morgan fingerprint density at radius 2 is 1.11 bits per heavy atom. The molecule has 0 spiro atoms. The van der Waals surface area contributed by atoms with E-state index in [0.29, 0.717) is 0 Å². The van der Waals surface area contributed by atoms with Crippen molar-refractivity contribution in [1.29, 1.82) is 0 Å². The number of aliphatic hydroxyl groups excluding tert-OH is 1. The van der Waals surface area contributed by atoms with Crippen LogP contribution in [0.4, 0.5) is 0 Å². The average Bonchev–Trinajstić information content (AvgIpc) is 2.29. The second-order valence-corrected chi connectivity index (χ2v) is 3.20. The van der Waals surface area contributed by atoms with Crippen LogP contribution in [0.15, 0.2) is 24.3 Å². The smallest absolute Gasteiger partial charge is 0.335 e. The number of aliphatic hydroxyl groups is 1. The minimum absolute atomic E-state index is 0. The molecule has 4 N–H and O–H groups in total. The van der Waals surface area contributed by atoms with Gasteiger partial charge >= 0.3 is 17.9 Å². The third kappa shape index (κ3) is 8.02. The summed E-state index contributed by atoms with van der Waals surface area (Å²) < 4.78 is 0. The molecule has 19 heavy (non-hydrogen) atoms. The molecule has 100 valence electrons. The first kappa shape index (κ1) is 19.6. The Kier molecular flexibility index (Phi) is 9.45. The molecule has 0 heterocycles. The Labute approximate surface area is 121 Å². The molecule has 1 atom stereocenters. The fourth-order valence-corrected chi connectivity index (χ4v) is 0.755. The maximum atomic E-state index is 10.3. The van der Waals surface area contributed by atoms with Gasteiger partial charge in [0.25, 0.3) is 0 Å². The van der Waals surface area contributed by atoms with Gasteiger partial charge in [0.1, 0.15) is 6.10 Å². The van der Waals surface area contributed by atoms with E-state index in [9.17, 15) is 14.4 Å². The zero-order valence-corrected chi connectivity index (χ0v) is 13.1. The van der Waals surface area contributed by atoms with Crippen LogP contribution in [-0.2, 0) is 24.3 Å². The van der Waals surface area contributed by atoms with Crippen LogP contribution in [0.1, 0.15) is 27.6 Å². The van der Waals surface area contributed by atoms with Crippen molar-refractivity contribution >= 4 is 17.9 Å². The van der Waals surface area contributed by atoms with E-state index in [-0.39, 0.29) is 30.6 Å². The minimum Gasteiger partial charge on any atom is -0.479 e. The molecule has 7 nitrogen and oxygen atoms in total. The van der Waals surface area contributed by atoms with E-state index < -0.39 is 24.0 Å². The summed E-state index contributed by atoms with van der Waals surface area (Å²) in [5.74, 6) is -3.31. The first-order valence-corrected chi connectivity index (χ1v) is 4.73. The van der Waals surface area contributed by atoms with Gasteiger partial charge in [-0.25, -0.2) is 14.4 Å². The van der Waals surface area contributed by atoms with E-state index >= 15 is 0 Å². The van der Waals surface area contributed by atoms with Crippen molar-refractivity contribution < 1.29 is 54.3 Å². The molecule has 1 unspecified atom stereocenters. The van der Waals surface area contributed by atoms with Gasteiger partial charge in [-0.1, -0.05) is 0 Å². The predicted octanol–water partition coefficient (Wildman–Crippen LogP) is 0.532. The molecule has 1 rings (SSSR count). The quantitative estimate of drug-likeness (QED) is 0.597. The van der Waals surface area contributed by atoms with Gasteiger partial charge in [-0.05, 0) is 31.2 Å². The molecule has 8 heteroatoms. The summed E-state index contributed by atoms with van der Waals surface area (Å²) in [6.07, 6.45) is -1.23. The SMILES string of the molecule is CC(O)C(=O)O.O=C(O)c1ccc(C(=O)O)cc1.[Zn]. The second-order valence-electron chi connectivity index (χ2n) is 3.20. The molecule has 0 bridgehead atoms. The Morgan fingerprint density at radius 1 is 0.895 bits per heavy atom. The third-order valence-corrected chi connectivity index (χ3v) is 1.74. The average molecular weight is 322 g/mol. The van der Waals surface area contributed by atoms with Crippen LogP contribution in [0, 0.1) is 0 Å². The maximum absolute atomic E-state index is 10.3. The summed E-state index contributed by atoms with van der Waals surface area (Å²) in [7, 11) is 0. The van der Waals surface area contributed by atoms with Gasteiger partial charge in [-0.3, -0.25) is 0 Å². The molecule has 0 aliphatic heterocycles. The van der Waals surface area contributed by atoms with Crippen molar-refractivity contribution in [3.05, 3.63) is 35.4 Å². The Morgan fingerprint density at radius 3 is 1.21 bits per heavy atom. The molecular formula is C11H12O7Zn. The Balaban J connectivity index is 0. The van der Waals surface area contributed by atoms with E-state index in [4.69, 9.17) is 20.4 Å². The van der Waals surface area contributed by atoms with Crippen molar-refractivity contribution in [3.63, 3.8) is 0 Å². The topological polar surface area (TPSA) is 132 Å². The van der Waals surface area contributed by atoms with Gasteiger partial charge in [0.15, 0.2) is 0 Å². The van der Waals surface area contributed by atoms with E-state index in [1.165, 1.54) is 31.2 Å². The summed E-state index contributed by atoms with van der Waals surface area (Å²) in [6, 6.07) is 5.02. The van der Waals surface area contributed by atoms with E-state index in [1.54, 1.807) is 0 Å². The number of hydrogen-bond donors (Lipinski definition) is 4. The number of rotatable bonds is 3. The largest absolute Gasteiger partial charge is 0.479 e. The van der Waals surface area contributed by atoms with Crippen molar-refractivity contribution in [2.75, 3.05) is 0 Å². The first-order chi connectivity index (χ1) is 8.25. The van der Waals surface area contributed by atoms with Crippen molar-refractivity contribution in [3.8, 4) is 0 Å². The van der Waals surface area contributed by atoms with Crippen LogP contribution < -0.4 is 0 Å². The molecule has 0 aliphatic rings. The maximum Gasteiger partial charge on any atom is 0.335 e. The Bertz CT molecular complexity index is 406. The second kappa shape index (κ2) is 9.18. The number of aromatic carboxylic acids is 2. The molecule has 0 saturated heterocycles. The van der Waals surface area contributed by atoms with Crippen LogP contribution in [0.2, 0.25) is 0 Å². The van der Waals surface area contributed by atoms with Crippen LogP contribution >= 0.6 is 0 Å². The molecule has 1 aromatic rings. The Hall–Kier alpha value is -1.79. The van der Waals surface area contributed by atoms with E-state index in [0.717, 1.165) is 0 Å². The number of carboxylic acid groups (broad SMARTS) is 3. The molecule has 0 radical (unpaired) electrons. The third-order valence-electron chi connectivity index (χ3n) is 1.74. The van der Waals surface area contributed by atoms with Crippen LogP contribution in [0.3, 0.4) is 0 Å². The van der Waals surface area contributed by atoms with Crippen LogP contribution in [0.5, 0.6) is 0 Å². The van der Waals surface area contributed by atoms with Gasteiger partial charge in [-0.15, -0.1) is 0 Å². The number of benzene rings is 1. The number of carbonyl (C=O) groups is 3. The molecular weight excluding hydrogens is 310 g/mol. The standard InChI is InChI=1S/C8H6O4.C3H6O3.Zn/c9-7(10)5-1-2-6(4-3-5)8(11)12;1-2(4)3(5)6;/h1-4H,(H,9,10)(H,11,12);2,4H,1H3,(H,5,6);. The predicted molar refractivity (Wildman–Crippen MR) is 59.7 cm³/mol. The molecule has 0 saturated carbocycles. The van der Waals surface area contributed by atoms with E-state index in [1.807, 2.05) is 0 Å². The zero-order chi connectivity index (χ0) is 14.3.